The third-order valence-electron chi connectivity index (χ3n) is 5.49. The molecule has 6 nitrogen and oxygen atoms in total. The third-order valence-corrected chi connectivity index (χ3v) is 5.49. The van der Waals surface area contributed by atoms with E-state index >= 15 is 0 Å². The van der Waals surface area contributed by atoms with Crippen molar-refractivity contribution in [1.82, 2.24) is 0 Å². The molecule has 3 aliphatic rings. The molecular weight excluding hydrogens is 312 g/mol. The predicted octanol–water partition coefficient (Wildman–Crippen LogP) is 1.62. The zero-order chi connectivity index (χ0) is 16.8. The number of benzene rings is 1. The van der Waals surface area contributed by atoms with Crippen LogP contribution in [0.2, 0.25) is 0 Å². The molecule has 3 fully saturated rings. The van der Waals surface area contributed by atoms with Crippen molar-refractivity contribution in [1.29, 1.82) is 0 Å². The summed E-state index contributed by atoms with van der Waals surface area (Å²) in [4.78, 5) is 36.5. The Morgan fingerprint density at radius 1 is 1.29 bits per heavy atom. The van der Waals surface area contributed by atoms with Crippen LogP contribution in [-0.4, -0.2) is 37.5 Å². The van der Waals surface area contributed by atoms with Crippen LogP contribution < -0.4 is 4.74 Å². The quantitative estimate of drug-likeness (QED) is 0.603. The van der Waals surface area contributed by atoms with E-state index in [1.807, 2.05) is 0 Å². The smallest absolute Gasteiger partial charge is 0.310 e. The first-order chi connectivity index (χ1) is 11.6. The van der Waals surface area contributed by atoms with Crippen molar-refractivity contribution in [2.24, 2.45) is 23.7 Å². The van der Waals surface area contributed by atoms with Crippen LogP contribution in [0.1, 0.15) is 23.2 Å². The summed E-state index contributed by atoms with van der Waals surface area (Å²) >= 11 is 0. The molecule has 0 N–H and O–H groups in total. The number of hydrogen-bond acceptors (Lipinski definition) is 6. The minimum Gasteiger partial charge on any atom is -0.497 e. The van der Waals surface area contributed by atoms with Gasteiger partial charge in [0.2, 0.25) is 0 Å². The predicted molar refractivity (Wildman–Crippen MR) is 81.4 cm³/mol. The second kappa shape index (κ2) is 5.61. The highest BCUT2D eigenvalue weighted by molar-refractivity contribution is 5.98. The number of esters is 2. The fourth-order valence-corrected chi connectivity index (χ4v) is 4.44. The third kappa shape index (κ3) is 2.28. The lowest BCUT2D eigenvalue weighted by atomic mass is 9.80. The molecule has 4 rings (SSSR count). The van der Waals surface area contributed by atoms with Crippen molar-refractivity contribution < 1.29 is 28.6 Å². The number of methoxy groups -OCH3 is 1. The molecule has 0 radical (unpaired) electrons. The van der Waals surface area contributed by atoms with Crippen molar-refractivity contribution in [3.8, 4) is 5.75 Å². The monoisotopic (exact) mass is 330 g/mol. The van der Waals surface area contributed by atoms with E-state index in [1.165, 1.54) is 7.11 Å². The Labute approximate surface area is 139 Å². The lowest BCUT2D eigenvalue weighted by molar-refractivity contribution is -0.154. The van der Waals surface area contributed by atoms with Gasteiger partial charge >= 0.3 is 11.9 Å². The molecule has 5 atom stereocenters. The first-order valence-electron chi connectivity index (χ1n) is 8.13. The summed E-state index contributed by atoms with van der Waals surface area (Å²) in [5.41, 5.74) is 0.426. The Morgan fingerprint density at radius 2 is 2.12 bits per heavy atom. The van der Waals surface area contributed by atoms with Crippen LogP contribution >= 0.6 is 0 Å². The second-order valence-corrected chi connectivity index (χ2v) is 6.69. The van der Waals surface area contributed by atoms with Crippen molar-refractivity contribution in [3.05, 3.63) is 29.8 Å². The van der Waals surface area contributed by atoms with Gasteiger partial charge in [-0.25, -0.2) is 0 Å². The zero-order valence-corrected chi connectivity index (χ0v) is 13.3. The minimum absolute atomic E-state index is 0.0186. The van der Waals surface area contributed by atoms with E-state index in [4.69, 9.17) is 14.2 Å². The first kappa shape index (κ1) is 15.2. The number of ketones is 1. The molecule has 0 unspecified atom stereocenters. The highest BCUT2D eigenvalue weighted by atomic mass is 16.6. The number of carbonyl (C=O) groups is 3. The van der Waals surface area contributed by atoms with Gasteiger partial charge < -0.3 is 14.2 Å². The zero-order valence-electron chi connectivity index (χ0n) is 13.3. The second-order valence-electron chi connectivity index (χ2n) is 6.69. The van der Waals surface area contributed by atoms with Crippen LogP contribution in [0.25, 0.3) is 0 Å². The first-order valence-corrected chi connectivity index (χ1v) is 8.13. The van der Waals surface area contributed by atoms with Crippen LogP contribution in [-0.2, 0) is 19.1 Å². The van der Waals surface area contributed by atoms with Crippen molar-refractivity contribution in [2.45, 2.75) is 18.9 Å². The van der Waals surface area contributed by atoms with Gasteiger partial charge in [-0.15, -0.1) is 0 Å². The van der Waals surface area contributed by atoms with E-state index < -0.39 is 11.9 Å². The largest absolute Gasteiger partial charge is 0.497 e. The van der Waals surface area contributed by atoms with Gasteiger partial charge in [-0.2, -0.15) is 0 Å². The minimum atomic E-state index is -0.459. The molecule has 2 aliphatic carbocycles. The van der Waals surface area contributed by atoms with Gasteiger partial charge in [0.1, 0.15) is 11.9 Å². The molecular formula is C18H18O6. The van der Waals surface area contributed by atoms with Gasteiger partial charge in [-0.05, 0) is 30.9 Å². The Kier molecular flexibility index (Phi) is 3.55. The van der Waals surface area contributed by atoms with E-state index in [9.17, 15) is 14.4 Å². The summed E-state index contributed by atoms with van der Waals surface area (Å²) < 4.78 is 15.6. The average Bonchev–Trinajstić information content (AvgIpc) is 3.21. The SMILES string of the molecule is COc1cccc(C(=O)COC(=O)[C@H]2[C@@H]3C[C@@H]4[C@@H]2C(=O)O[C@@H]4C3)c1. The molecule has 1 saturated heterocycles. The highest BCUT2D eigenvalue weighted by Gasteiger charge is 2.64. The molecule has 1 aromatic carbocycles. The summed E-state index contributed by atoms with van der Waals surface area (Å²) in [6.07, 6.45) is 1.55. The summed E-state index contributed by atoms with van der Waals surface area (Å²) in [7, 11) is 1.52. The summed E-state index contributed by atoms with van der Waals surface area (Å²) in [5, 5.41) is 0. The molecule has 2 bridgehead atoms. The van der Waals surface area contributed by atoms with Gasteiger partial charge in [-0.1, -0.05) is 12.1 Å². The van der Waals surface area contributed by atoms with Crippen molar-refractivity contribution in [2.75, 3.05) is 13.7 Å². The summed E-state index contributed by atoms with van der Waals surface area (Å²) in [6.45, 7) is -0.328. The number of hydrogen-bond donors (Lipinski definition) is 0. The van der Waals surface area contributed by atoms with E-state index in [1.54, 1.807) is 24.3 Å². The lowest BCUT2D eigenvalue weighted by Gasteiger charge is -2.22. The molecule has 0 spiro atoms. The number of ether oxygens (including phenoxy) is 3. The van der Waals surface area contributed by atoms with E-state index in [2.05, 4.69) is 0 Å². The van der Waals surface area contributed by atoms with Crippen LogP contribution in [0, 0.1) is 23.7 Å². The highest BCUT2D eigenvalue weighted by Crippen LogP contribution is 2.57. The molecule has 1 aromatic rings. The van der Waals surface area contributed by atoms with Crippen LogP contribution in [0.15, 0.2) is 24.3 Å². The number of Topliss-reactive ketones (excluding diaryl/α,β-unsaturated/α-hetero) is 1. The number of fused-ring (bicyclic) bond motifs is 1. The van der Waals surface area contributed by atoms with Crippen LogP contribution in [0.3, 0.4) is 0 Å². The van der Waals surface area contributed by atoms with E-state index in [-0.39, 0.29) is 42.2 Å². The Bertz CT molecular complexity index is 709. The number of carbonyl (C=O) groups excluding carboxylic acids is 3. The maximum absolute atomic E-state index is 12.4. The van der Waals surface area contributed by atoms with E-state index in [0.717, 1.165) is 12.8 Å². The standard InChI is InChI=1S/C18H18O6/c1-22-11-4-2-3-9(5-11)13(19)8-23-17(20)15-10-6-12-14(7-10)24-18(21)16(12)15/h2-5,10,12,14-16H,6-8H2,1H3/t10-,12+,14-,15+,16+/m1/s1. The number of rotatable bonds is 5. The van der Waals surface area contributed by atoms with Crippen molar-refractivity contribution in [3.63, 3.8) is 0 Å². The molecule has 2 saturated carbocycles. The average molecular weight is 330 g/mol. The fourth-order valence-electron chi connectivity index (χ4n) is 4.44. The van der Waals surface area contributed by atoms with Gasteiger partial charge in [0.05, 0.1) is 18.9 Å². The van der Waals surface area contributed by atoms with Crippen LogP contribution in [0.5, 0.6) is 5.75 Å². The molecule has 1 aliphatic heterocycles. The Hall–Kier alpha value is -2.37. The lowest BCUT2D eigenvalue weighted by Crippen LogP contribution is -2.34. The van der Waals surface area contributed by atoms with E-state index in [0.29, 0.717) is 11.3 Å². The topological polar surface area (TPSA) is 78.9 Å². The molecule has 0 amide bonds. The van der Waals surface area contributed by atoms with Gasteiger partial charge in [0.15, 0.2) is 12.4 Å². The Morgan fingerprint density at radius 3 is 2.92 bits per heavy atom. The molecule has 6 heteroatoms. The maximum Gasteiger partial charge on any atom is 0.310 e. The van der Waals surface area contributed by atoms with Gasteiger partial charge in [0.25, 0.3) is 0 Å². The fraction of sp³-hybridized carbons (Fsp3) is 0.500. The normalized spacial score (nSPS) is 32.5. The summed E-state index contributed by atoms with van der Waals surface area (Å²) in [6, 6.07) is 6.69. The Balaban J connectivity index is 1.40. The molecule has 1 heterocycles. The summed E-state index contributed by atoms with van der Waals surface area (Å²) in [5.74, 6) is -1.03. The molecule has 0 aromatic heterocycles. The molecule has 126 valence electrons. The van der Waals surface area contributed by atoms with Gasteiger partial charge in [-0.3, -0.25) is 14.4 Å². The van der Waals surface area contributed by atoms with Crippen molar-refractivity contribution >= 4 is 17.7 Å². The molecule has 24 heavy (non-hydrogen) atoms. The maximum atomic E-state index is 12.4. The van der Waals surface area contributed by atoms with Crippen LogP contribution in [0.4, 0.5) is 0 Å². The van der Waals surface area contributed by atoms with Gasteiger partial charge in [0, 0.05) is 11.5 Å².